The number of nitrogens with one attached hydrogen (secondary N) is 1. The molecule has 27 heavy (non-hydrogen) atoms. The van der Waals surface area contributed by atoms with Crippen molar-refractivity contribution < 1.29 is 14.3 Å². The van der Waals surface area contributed by atoms with E-state index in [4.69, 9.17) is 9.47 Å². The third kappa shape index (κ3) is 3.84. The van der Waals surface area contributed by atoms with Crippen LogP contribution in [0.1, 0.15) is 43.1 Å². The Morgan fingerprint density at radius 2 is 2.04 bits per heavy atom. The van der Waals surface area contributed by atoms with Crippen LogP contribution in [-0.4, -0.2) is 36.7 Å². The SMILES string of the molecule is CCC1CCCCN1c1ccc(C(=O)Nc2ccc3c(c2)OCCO3)nc1. The van der Waals surface area contributed by atoms with Gasteiger partial charge in [-0.15, -0.1) is 0 Å². The van der Waals surface area contributed by atoms with Gasteiger partial charge in [-0.25, -0.2) is 4.98 Å². The Labute approximate surface area is 159 Å². The number of pyridine rings is 1. The minimum atomic E-state index is -0.232. The van der Waals surface area contributed by atoms with Crippen molar-refractivity contribution in [3.63, 3.8) is 0 Å². The van der Waals surface area contributed by atoms with E-state index >= 15 is 0 Å². The molecule has 2 aliphatic rings. The van der Waals surface area contributed by atoms with Gasteiger partial charge in [0.05, 0.1) is 11.9 Å². The van der Waals surface area contributed by atoms with E-state index in [1.165, 1.54) is 19.3 Å². The van der Waals surface area contributed by atoms with Crippen molar-refractivity contribution in [1.82, 2.24) is 4.98 Å². The molecule has 1 aromatic heterocycles. The summed E-state index contributed by atoms with van der Waals surface area (Å²) in [7, 11) is 0. The van der Waals surface area contributed by atoms with Crippen molar-refractivity contribution in [2.75, 3.05) is 30.0 Å². The van der Waals surface area contributed by atoms with Crippen molar-refractivity contribution in [1.29, 1.82) is 0 Å². The second kappa shape index (κ2) is 7.86. The molecule has 2 aromatic rings. The van der Waals surface area contributed by atoms with Gasteiger partial charge in [-0.1, -0.05) is 6.92 Å². The number of piperidine rings is 1. The van der Waals surface area contributed by atoms with Crippen LogP contribution >= 0.6 is 0 Å². The molecule has 1 aromatic carbocycles. The minimum Gasteiger partial charge on any atom is -0.486 e. The maximum Gasteiger partial charge on any atom is 0.274 e. The smallest absolute Gasteiger partial charge is 0.274 e. The summed E-state index contributed by atoms with van der Waals surface area (Å²) in [6.45, 7) is 4.35. The van der Waals surface area contributed by atoms with Crippen molar-refractivity contribution in [2.24, 2.45) is 0 Å². The molecule has 0 radical (unpaired) electrons. The lowest BCUT2D eigenvalue weighted by atomic mass is 9.99. The van der Waals surface area contributed by atoms with Gasteiger partial charge in [0.15, 0.2) is 11.5 Å². The number of aromatic nitrogens is 1. The van der Waals surface area contributed by atoms with Crippen LogP contribution in [-0.2, 0) is 0 Å². The fourth-order valence-corrected chi connectivity index (χ4v) is 3.77. The molecule has 2 aliphatic heterocycles. The molecule has 0 bridgehead atoms. The first kappa shape index (κ1) is 17.6. The van der Waals surface area contributed by atoms with Gasteiger partial charge < -0.3 is 19.7 Å². The zero-order chi connectivity index (χ0) is 18.6. The zero-order valence-corrected chi connectivity index (χ0v) is 15.6. The van der Waals surface area contributed by atoms with Gasteiger partial charge in [0.1, 0.15) is 18.9 Å². The molecular formula is C21H25N3O3. The van der Waals surface area contributed by atoms with Crippen LogP contribution in [0.15, 0.2) is 36.5 Å². The Kier molecular flexibility index (Phi) is 5.14. The Balaban J connectivity index is 1.45. The molecule has 1 unspecified atom stereocenters. The fraction of sp³-hybridized carbons (Fsp3) is 0.429. The molecule has 142 valence electrons. The number of benzene rings is 1. The molecule has 1 atom stereocenters. The van der Waals surface area contributed by atoms with Gasteiger partial charge in [-0.05, 0) is 49.9 Å². The average molecular weight is 367 g/mol. The van der Waals surface area contributed by atoms with E-state index in [0.717, 1.165) is 18.7 Å². The maximum absolute atomic E-state index is 12.5. The first-order valence-electron chi connectivity index (χ1n) is 9.68. The van der Waals surface area contributed by atoms with E-state index in [1.807, 2.05) is 18.3 Å². The summed E-state index contributed by atoms with van der Waals surface area (Å²) in [6, 6.07) is 9.75. The van der Waals surface area contributed by atoms with Crippen LogP contribution < -0.4 is 19.7 Å². The lowest BCUT2D eigenvalue weighted by Gasteiger charge is -2.37. The number of carbonyl (C=O) groups is 1. The molecule has 1 fully saturated rings. The van der Waals surface area contributed by atoms with Crippen molar-refractivity contribution in [2.45, 2.75) is 38.6 Å². The Bertz CT molecular complexity index is 807. The van der Waals surface area contributed by atoms with Crippen LogP contribution in [0.25, 0.3) is 0 Å². The number of carbonyl (C=O) groups excluding carboxylic acids is 1. The molecule has 0 spiro atoms. The van der Waals surface area contributed by atoms with E-state index in [-0.39, 0.29) is 5.91 Å². The molecule has 6 heteroatoms. The largest absolute Gasteiger partial charge is 0.486 e. The van der Waals surface area contributed by atoms with E-state index in [1.54, 1.807) is 18.2 Å². The molecule has 1 amide bonds. The Morgan fingerprint density at radius 3 is 2.81 bits per heavy atom. The highest BCUT2D eigenvalue weighted by atomic mass is 16.6. The summed E-state index contributed by atoms with van der Waals surface area (Å²) in [6.07, 6.45) is 6.67. The highest BCUT2D eigenvalue weighted by molar-refractivity contribution is 6.03. The minimum absolute atomic E-state index is 0.232. The number of amides is 1. The van der Waals surface area contributed by atoms with Gasteiger partial charge in [0, 0.05) is 24.3 Å². The van der Waals surface area contributed by atoms with Crippen LogP contribution in [0.4, 0.5) is 11.4 Å². The fourth-order valence-electron chi connectivity index (χ4n) is 3.77. The highest BCUT2D eigenvalue weighted by Crippen LogP contribution is 2.32. The quantitative estimate of drug-likeness (QED) is 0.889. The van der Waals surface area contributed by atoms with Gasteiger partial charge in [0.2, 0.25) is 0 Å². The summed E-state index contributed by atoms with van der Waals surface area (Å²) in [5.74, 6) is 1.12. The Morgan fingerprint density at radius 1 is 1.19 bits per heavy atom. The molecular weight excluding hydrogens is 342 g/mol. The Hall–Kier alpha value is -2.76. The normalized spacial score (nSPS) is 18.9. The van der Waals surface area contributed by atoms with E-state index in [9.17, 15) is 4.79 Å². The topological polar surface area (TPSA) is 63.7 Å². The number of hydrogen-bond donors (Lipinski definition) is 1. The number of hydrogen-bond acceptors (Lipinski definition) is 5. The van der Waals surface area contributed by atoms with Crippen LogP contribution in [0, 0.1) is 0 Å². The predicted octanol–water partition coefficient (Wildman–Crippen LogP) is 3.87. The second-order valence-electron chi connectivity index (χ2n) is 6.97. The molecule has 0 aliphatic carbocycles. The summed E-state index contributed by atoms with van der Waals surface area (Å²) in [4.78, 5) is 19.3. The third-order valence-corrected chi connectivity index (χ3v) is 5.21. The van der Waals surface area contributed by atoms with Gasteiger partial charge in [-0.2, -0.15) is 0 Å². The summed E-state index contributed by atoms with van der Waals surface area (Å²) < 4.78 is 11.1. The molecule has 6 nitrogen and oxygen atoms in total. The number of rotatable bonds is 4. The standard InChI is InChI=1S/C21H25N3O3/c1-2-16-5-3-4-10-24(16)17-7-8-18(22-14-17)21(25)23-15-6-9-19-20(13-15)27-12-11-26-19/h6-9,13-14,16H,2-5,10-12H2,1H3,(H,23,25). The first-order valence-corrected chi connectivity index (χ1v) is 9.68. The summed E-state index contributed by atoms with van der Waals surface area (Å²) in [5, 5.41) is 2.88. The van der Waals surface area contributed by atoms with Crippen molar-refractivity contribution >= 4 is 17.3 Å². The van der Waals surface area contributed by atoms with Gasteiger partial charge in [-0.3, -0.25) is 4.79 Å². The first-order chi connectivity index (χ1) is 13.2. The monoisotopic (exact) mass is 367 g/mol. The number of ether oxygens (including phenoxy) is 2. The zero-order valence-electron chi connectivity index (χ0n) is 15.6. The molecule has 0 saturated carbocycles. The number of nitrogens with zero attached hydrogens (tertiary/aromatic N) is 2. The number of fused-ring (bicyclic) bond motifs is 1. The molecule has 3 heterocycles. The van der Waals surface area contributed by atoms with Crippen molar-refractivity contribution in [3.05, 3.63) is 42.2 Å². The lowest BCUT2D eigenvalue weighted by Crippen LogP contribution is -2.39. The molecule has 1 N–H and O–H groups in total. The van der Waals surface area contributed by atoms with Crippen LogP contribution in [0.2, 0.25) is 0 Å². The lowest BCUT2D eigenvalue weighted by molar-refractivity contribution is 0.102. The average Bonchev–Trinajstić information content (AvgIpc) is 2.73. The number of anilines is 2. The molecule has 4 rings (SSSR count). The second-order valence-corrected chi connectivity index (χ2v) is 6.97. The van der Waals surface area contributed by atoms with Crippen LogP contribution in [0.3, 0.4) is 0 Å². The predicted molar refractivity (Wildman–Crippen MR) is 105 cm³/mol. The van der Waals surface area contributed by atoms with E-state index < -0.39 is 0 Å². The van der Waals surface area contributed by atoms with E-state index in [0.29, 0.717) is 42.1 Å². The third-order valence-electron chi connectivity index (χ3n) is 5.21. The summed E-state index contributed by atoms with van der Waals surface area (Å²) >= 11 is 0. The van der Waals surface area contributed by atoms with E-state index in [2.05, 4.69) is 22.1 Å². The maximum atomic E-state index is 12.5. The van der Waals surface area contributed by atoms with Gasteiger partial charge >= 0.3 is 0 Å². The molecule has 1 saturated heterocycles. The highest BCUT2D eigenvalue weighted by Gasteiger charge is 2.21. The van der Waals surface area contributed by atoms with Crippen LogP contribution in [0.5, 0.6) is 11.5 Å². The summed E-state index contributed by atoms with van der Waals surface area (Å²) in [5.41, 5.74) is 2.16. The van der Waals surface area contributed by atoms with Gasteiger partial charge in [0.25, 0.3) is 5.91 Å². The van der Waals surface area contributed by atoms with Crippen molar-refractivity contribution in [3.8, 4) is 11.5 Å².